The van der Waals surface area contributed by atoms with E-state index < -0.39 is 16.1 Å². The predicted molar refractivity (Wildman–Crippen MR) is 619 cm³/mol. The Morgan fingerprint density at radius 3 is 0.564 bits per heavy atom. The van der Waals surface area contributed by atoms with Gasteiger partial charge in [-0.2, -0.15) is 29.9 Å². The first kappa shape index (κ1) is 90.7. The summed E-state index contributed by atoms with van der Waals surface area (Å²) in [6.07, 6.45) is 0. The van der Waals surface area contributed by atoms with E-state index in [1.54, 1.807) is 0 Å². The quantitative estimate of drug-likeness (QED) is 0.0541. The molecule has 21 aromatic carbocycles. The van der Waals surface area contributed by atoms with Crippen LogP contribution in [-0.2, 0) is 0 Å². The minimum atomic E-state index is -2.73. The van der Waals surface area contributed by atoms with E-state index in [4.69, 9.17) is 44.9 Å². The first-order valence-corrected chi connectivity index (χ1v) is 54.2. The number of hydrogen-bond donors (Lipinski definition) is 0. The van der Waals surface area contributed by atoms with Crippen LogP contribution in [0.3, 0.4) is 0 Å². The highest BCUT2D eigenvalue weighted by atomic mass is 28.3. The Morgan fingerprint density at radius 2 is 0.282 bits per heavy atom. The molecule has 0 saturated heterocycles. The minimum Gasteiger partial charge on any atom is -0.278 e. The van der Waals surface area contributed by atoms with Crippen LogP contribution < -0.4 is 41.5 Å². The van der Waals surface area contributed by atoms with Gasteiger partial charge in [0.15, 0.2) is 51.1 Å². The van der Waals surface area contributed by atoms with Crippen LogP contribution in [0.15, 0.2) is 570 Å². The third-order valence-corrected chi connectivity index (χ3v) is 37.9. The SMILES string of the molecule is c1ccc(-c2ccc(-c3nc(-c4ccc(-c5ccccc5)cc4)nc(-n4c5ccccc5c5ccccc54)n3)cc2)cc1.c1ccc(-c2nc(-c3ccccc3)nc(-n3c4ccccc4c4cc(-c5ccc([Si](c6ccccc6)(c6ccccc6)c6ccccc6)cc5)ccc43)n2)cc1.c1ccc(-c2nc(-c3ccccc3)nc(-n3c4ccccc4c4cc([Si](c5ccccc5)(c5ccccc5)c5ccccc5)ccc43)n2)cc1. The Bertz CT molecular complexity index is 8980. The standard InChI is InChI=1S/C51H36N4Si.C45H32N4Si.C39H26N4/c1-6-18-38(19-7-1)49-52-50(39-20-8-2-9-21-39)54-51(53-49)55-47-29-17-16-28-45(47)46-36-40(32-35-48(46)55)37-30-33-44(34-31-37)56(41-22-10-3-11-23-41,42-24-12-4-13-25-42)43-26-14-5-15-27-43;1-6-18-33(19-7-1)43-46-44(34-20-8-2-9-21-34)48-45(47-43)49-41-29-17-16-28-39(41)40-32-38(30-31-42(40)49)50(35-22-10-3-11-23-35,36-24-12-4-13-25-36)37-26-14-5-15-27-37;1-3-11-27(12-4-1)29-19-23-31(24-20-29)37-40-38(32-25-21-30(22-26-32)28-13-5-2-6-14-28)42-39(41-37)43-35-17-9-7-15-33(35)34-16-8-10-18-36(34)43/h1-36H;1-32H;1-26H. The topological polar surface area (TPSA) is 131 Å². The minimum absolute atomic E-state index is 0.588. The molecule has 0 spiro atoms. The highest BCUT2D eigenvalue weighted by molar-refractivity contribution is 7.20. The van der Waals surface area contributed by atoms with Crippen molar-refractivity contribution in [2.75, 3.05) is 0 Å². The second-order valence-corrected chi connectivity index (χ2v) is 44.6. The molecular formula is C135H94N12Si2. The van der Waals surface area contributed by atoms with Crippen molar-refractivity contribution in [3.05, 3.63) is 570 Å². The maximum absolute atomic E-state index is 5.14. The van der Waals surface area contributed by atoms with Crippen LogP contribution in [-0.4, -0.2) is 74.7 Å². The lowest BCUT2D eigenvalue weighted by Gasteiger charge is -2.34. The van der Waals surface area contributed by atoms with E-state index in [9.17, 15) is 0 Å². The molecule has 0 amide bonds. The van der Waals surface area contributed by atoms with E-state index in [-0.39, 0.29) is 0 Å². The van der Waals surface area contributed by atoms with Crippen molar-refractivity contribution >= 4 is 123 Å². The van der Waals surface area contributed by atoms with E-state index in [1.807, 2.05) is 133 Å². The number of hydrogen-bond acceptors (Lipinski definition) is 9. The smallest absolute Gasteiger partial charge is 0.238 e. The predicted octanol–water partition coefficient (Wildman–Crippen LogP) is 26.7. The van der Waals surface area contributed by atoms with E-state index in [0.29, 0.717) is 52.8 Å². The zero-order valence-corrected chi connectivity index (χ0v) is 83.1. The van der Waals surface area contributed by atoms with Crippen LogP contribution in [0.5, 0.6) is 0 Å². The van der Waals surface area contributed by atoms with E-state index in [0.717, 1.165) is 99.3 Å². The van der Waals surface area contributed by atoms with Gasteiger partial charge in [0.2, 0.25) is 17.8 Å². The van der Waals surface area contributed by atoms with Gasteiger partial charge in [0.1, 0.15) is 0 Å². The zero-order chi connectivity index (χ0) is 99.2. The van der Waals surface area contributed by atoms with Gasteiger partial charge in [0.05, 0.1) is 33.1 Å². The van der Waals surface area contributed by atoms with Crippen LogP contribution in [0.4, 0.5) is 0 Å². The summed E-state index contributed by atoms with van der Waals surface area (Å²) < 4.78 is 6.53. The summed E-state index contributed by atoms with van der Waals surface area (Å²) in [6.45, 7) is 0. The molecule has 27 rings (SSSR count). The average Bonchev–Trinajstić information content (AvgIpc) is 1.41. The molecule has 0 bridgehead atoms. The molecule has 0 fully saturated rings. The molecule has 27 aromatic rings. The Kier molecular flexibility index (Phi) is 24.6. The second kappa shape index (κ2) is 40.4. The molecule has 0 aliphatic carbocycles. The average molecular weight is 1940 g/mol. The summed E-state index contributed by atoms with van der Waals surface area (Å²) in [6, 6.07) is 202. The van der Waals surface area contributed by atoms with Gasteiger partial charge in [0.25, 0.3) is 0 Å². The Hall–Kier alpha value is -19.5. The van der Waals surface area contributed by atoms with Crippen molar-refractivity contribution < 1.29 is 0 Å². The lowest BCUT2D eigenvalue weighted by atomic mass is 10.0. The van der Waals surface area contributed by atoms with Gasteiger partial charge in [-0.3, -0.25) is 13.7 Å². The third kappa shape index (κ3) is 17.3. The Morgan fingerprint density at radius 1 is 0.114 bits per heavy atom. The summed E-state index contributed by atoms with van der Waals surface area (Å²) >= 11 is 0. The lowest BCUT2D eigenvalue weighted by molar-refractivity contribution is 0.953. The zero-order valence-electron chi connectivity index (χ0n) is 81.1. The van der Waals surface area contributed by atoms with Gasteiger partial charge in [-0.25, -0.2) is 15.0 Å². The van der Waals surface area contributed by atoms with Crippen molar-refractivity contribution in [1.29, 1.82) is 0 Å². The molecule has 6 aromatic heterocycles. The van der Waals surface area contributed by atoms with E-state index in [2.05, 4.69) is 450 Å². The molecule has 0 aliphatic rings. The fraction of sp³-hybridized carbons (Fsp3) is 0. The van der Waals surface area contributed by atoms with Crippen LogP contribution in [0.1, 0.15) is 0 Å². The van der Waals surface area contributed by atoms with Crippen molar-refractivity contribution in [1.82, 2.24) is 58.6 Å². The Labute approximate surface area is 865 Å². The maximum atomic E-state index is 5.14. The molecule has 0 radical (unpaired) electrons. The number of aromatic nitrogens is 12. The molecular weight excluding hydrogens is 1850 g/mol. The number of benzene rings is 21. The fourth-order valence-electron chi connectivity index (χ4n) is 21.4. The van der Waals surface area contributed by atoms with Crippen LogP contribution in [0, 0.1) is 0 Å². The van der Waals surface area contributed by atoms with Gasteiger partial charge in [0, 0.05) is 65.7 Å². The molecule has 0 unspecified atom stereocenters. The number of fused-ring (bicyclic) bond motifs is 9. The summed E-state index contributed by atoms with van der Waals surface area (Å²) in [5, 5.41) is 17.7. The van der Waals surface area contributed by atoms with Crippen LogP contribution in [0.25, 0.3) is 185 Å². The number of rotatable bonds is 20. The first-order chi connectivity index (χ1) is 73.9. The van der Waals surface area contributed by atoms with Gasteiger partial charge >= 0.3 is 0 Å². The molecule has 14 heteroatoms. The fourth-order valence-corrected chi connectivity index (χ4v) is 30.9. The molecule has 12 nitrogen and oxygen atoms in total. The molecule has 149 heavy (non-hydrogen) atoms. The molecule has 6 heterocycles. The summed E-state index contributed by atoms with van der Waals surface area (Å²) in [7, 11) is -5.35. The normalized spacial score (nSPS) is 11.5. The molecule has 0 N–H and O–H groups in total. The maximum Gasteiger partial charge on any atom is 0.238 e. The number of nitrogens with zero attached hydrogens (tertiary/aromatic N) is 12. The van der Waals surface area contributed by atoms with Crippen molar-refractivity contribution in [2.24, 2.45) is 0 Å². The summed E-state index contributed by atoms with van der Waals surface area (Å²) in [5.41, 5.74) is 18.9. The largest absolute Gasteiger partial charge is 0.278 e. The summed E-state index contributed by atoms with van der Waals surface area (Å²) in [5.74, 6) is 5.59. The molecule has 702 valence electrons. The second-order valence-electron chi connectivity index (χ2n) is 37.0. The Balaban J connectivity index is 0.000000117. The lowest BCUT2D eigenvalue weighted by Crippen LogP contribution is -2.74. The monoisotopic (exact) mass is 1940 g/mol. The molecule has 0 aliphatic heterocycles. The van der Waals surface area contributed by atoms with Crippen molar-refractivity contribution in [2.45, 2.75) is 0 Å². The highest BCUT2D eigenvalue weighted by Crippen LogP contribution is 2.40. The van der Waals surface area contributed by atoms with Crippen LogP contribution >= 0.6 is 0 Å². The van der Waals surface area contributed by atoms with Crippen LogP contribution in [0.2, 0.25) is 0 Å². The summed E-state index contributed by atoms with van der Waals surface area (Å²) in [4.78, 5) is 45.6. The van der Waals surface area contributed by atoms with Gasteiger partial charge in [-0.1, -0.05) is 528 Å². The first-order valence-electron chi connectivity index (χ1n) is 50.2. The van der Waals surface area contributed by atoms with Gasteiger partial charge < -0.3 is 0 Å². The van der Waals surface area contributed by atoms with Gasteiger partial charge in [-0.15, -0.1) is 0 Å². The third-order valence-electron chi connectivity index (χ3n) is 28.3. The van der Waals surface area contributed by atoms with Crippen molar-refractivity contribution in [3.63, 3.8) is 0 Å². The molecule has 0 atom stereocenters. The van der Waals surface area contributed by atoms with E-state index in [1.165, 1.54) is 74.3 Å². The van der Waals surface area contributed by atoms with Crippen molar-refractivity contribution in [3.8, 4) is 120 Å². The van der Waals surface area contributed by atoms with E-state index >= 15 is 0 Å². The molecule has 0 saturated carbocycles. The number of para-hydroxylation sites is 4. The highest BCUT2D eigenvalue weighted by Gasteiger charge is 2.43. The van der Waals surface area contributed by atoms with Gasteiger partial charge in [-0.05, 0) is 117 Å².